The summed E-state index contributed by atoms with van der Waals surface area (Å²) in [5.74, 6) is 1.74. The van der Waals surface area contributed by atoms with Gasteiger partial charge in [-0.15, -0.1) is 0 Å². The molecule has 216 valence electrons. The second kappa shape index (κ2) is 10.9. The molecule has 0 amide bonds. The lowest BCUT2D eigenvalue weighted by Crippen LogP contribution is -2.22. The quantitative estimate of drug-likeness (QED) is 0.181. The van der Waals surface area contributed by atoms with Gasteiger partial charge in [0, 0.05) is 24.3 Å². The highest BCUT2D eigenvalue weighted by Gasteiger charge is 2.33. The molecule has 8 heteroatoms. The number of fused-ring (bicyclic) bond motifs is 4. The van der Waals surface area contributed by atoms with Crippen LogP contribution in [-0.4, -0.2) is 31.4 Å². The van der Waals surface area contributed by atoms with Gasteiger partial charge in [-0.25, -0.2) is 0 Å². The van der Waals surface area contributed by atoms with Gasteiger partial charge in [-0.05, 0) is 64.7 Å². The summed E-state index contributed by atoms with van der Waals surface area (Å²) in [6.07, 6.45) is 3.14. The lowest BCUT2D eigenvalue weighted by molar-refractivity contribution is -0.135. The molecule has 43 heavy (non-hydrogen) atoms. The summed E-state index contributed by atoms with van der Waals surface area (Å²) in [4.78, 5) is 26.2. The SMILES string of the molecule is COc1cc([C@H]2CC(=O)Oc3ccc4c(=O)c(-c5ccc(O)cc5)coc4c32)ccc1OCCc1ccc2c(c1)CCO2. The third kappa shape index (κ3) is 4.95. The highest BCUT2D eigenvalue weighted by Crippen LogP contribution is 2.44. The largest absolute Gasteiger partial charge is 0.508 e. The standard InChI is InChI=1S/C35H28O8/c1-39-31-17-22(5-10-29(31)41-14-12-20-2-9-28-23(16-20)13-15-40-28)26-18-32(37)43-30-11-8-25-34(38)27(19-42-35(25)33(26)30)21-3-6-24(36)7-4-21/h2-11,16-17,19,26,36H,12-15,18H2,1H3/t26-/m1/s1. The van der Waals surface area contributed by atoms with Crippen molar-refractivity contribution in [3.05, 3.63) is 112 Å². The Morgan fingerprint density at radius 2 is 1.77 bits per heavy atom. The zero-order chi connectivity index (χ0) is 29.5. The molecule has 0 saturated carbocycles. The number of hydrogen-bond donors (Lipinski definition) is 1. The van der Waals surface area contributed by atoms with E-state index in [2.05, 4.69) is 12.1 Å². The molecule has 2 aliphatic heterocycles. The van der Waals surface area contributed by atoms with E-state index < -0.39 is 5.92 Å². The summed E-state index contributed by atoms with van der Waals surface area (Å²) in [6, 6.07) is 21.5. The monoisotopic (exact) mass is 576 g/mol. The topological polar surface area (TPSA) is 104 Å². The summed E-state index contributed by atoms with van der Waals surface area (Å²) in [5.41, 5.74) is 4.98. The molecule has 1 aromatic heterocycles. The highest BCUT2D eigenvalue weighted by molar-refractivity contribution is 5.90. The van der Waals surface area contributed by atoms with E-state index >= 15 is 0 Å². The van der Waals surface area contributed by atoms with Crippen molar-refractivity contribution in [2.75, 3.05) is 20.3 Å². The third-order valence-electron chi connectivity index (χ3n) is 8.05. The molecule has 3 heterocycles. The molecule has 2 aliphatic rings. The van der Waals surface area contributed by atoms with Gasteiger partial charge in [-0.2, -0.15) is 0 Å². The Morgan fingerprint density at radius 1 is 0.930 bits per heavy atom. The predicted octanol–water partition coefficient (Wildman–Crippen LogP) is 6.17. The first kappa shape index (κ1) is 26.6. The lowest BCUT2D eigenvalue weighted by atomic mass is 9.85. The number of carbonyl (C=O) groups is 1. The number of methoxy groups -OCH3 is 1. The number of phenolic OH excluding ortho intramolecular Hbond substituents is 1. The first-order valence-corrected chi connectivity index (χ1v) is 14.1. The Hall–Kier alpha value is -5.24. The molecular weight excluding hydrogens is 548 g/mol. The minimum atomic E-state index is -0.431. The molecule has 1 N–H and O–H groups in total. The summed E-state index contributed by atoms with van der Waals surface area (Å²) in [7, 11) is 1.58. The Bertz CT molecular complexity index is 1920. The molecule has 0 spiro atoms. The van der Waals surface area contributed by atoms with E-state index in [9.17, 15) is 14.7 Å². The predicted molar refractivity (Wildman–Crippen MR) is 160 cm³/mol. The van der Waals surface area contributed by atoms with Gasteiger partial charge in [-0.3, -0.25) is 9.59 Å². The summed E-state index contributed by atoms with van der Waals surface area (Å²) < 4.78 is 29.0. The van der Waals surface area contributed by atoms with Crippen molar-refractivity contribution >= 4 is 16.9 Å². The molecule has 4 aromatic carbocycles. The molecule has 0 unspecified atom stereocenters. The Kier molecular flexibility index (Phi) is 6.74. The zero-order valence-electron chi connectivity index (χ0n) is 23.4. The fraction of sp³-hybridized carbons (Fsp3) is 0.200. The molecule has 5 aromatic rings. The number of aromatic hydroxyl groups is 1. The van der Waals surface area contributed by atoms with Crippen LogP contribution < -0.4 is 24.4 Å². The van der Waals surface area contributed by atoms with E-state index in [1.165, 1.54) is 29.5 Å². The van der Waals surface area contributed by atoms with Crippen molar-refractivity contribution in [2.45, 2.75) is 25.2 Å². The summed E-state index contributed by atoms with van der Waals surface area (Å²) in [6.45, 7) is 1.19. The molecule has 0 saturated heterocycles. The van der Waals surface area contributed by atoms with Gasteiger partial charge in [-0.1, -0.05) is 30.3 Å². The van der Waals surface area contributed by atoms with E-state index in [0.29, 0.717) is 51.5 Å². The van der Waals surface area contributed by atoms with Crippen LogP contribution in [0.25, 0.3) is 22.1 Å². The fourth-order valence-corrected chi connectivity index (χ4v) is 5.87. The second-order valence-corrected chi connectivity index (χ2v) is 10.7. The van der Waals surface area contributed by atoms with Gasteiger partial charge in [0.15, 0.2) is 11.5 Å². The van der Waals surface area contributed by atoms with Crippen LogP contribution in [0.4, 0.5) is 0 Å². The number of phenols is 1. The van der Waals surface area contributed by atoms with E-state index in [1.54, 1.807) is 31.4 Å². The van der Waals surface area contributed by atoms with Gasteiger partial charge >= 0.3 is 5.97 Å². The van der Waals surface area contributed by atoms with Crippen LogP contribution in [-0.2, 0) is 17.6 Å². The number of hydrogen-bond acceptors (Lipinski definition) is 8. The van der Waals surface area contributed by atoms with Crippen molar-refractivity contribution in [1.82, 2.24) is 0 Å². The number of benzene rings is 4. The van der Waals surface area contributed by atoms with Gasteiger partial charge in [0.2, 0.25) is 5.43 Å². The molecule has 1 atom stereocenters. The Morgan fingerprint density at radius 3 is 2.60 bits per heavy atom. The maximum Gasteiger partial charge on any atom is 0.312 e. The first-order valence-electron chi connectivity index (χ1n) is 14.1. The molecule has 0 fully saturated rings. The highest BCUT2D eigenvalue weighted by atomic mass is 16.5. The van der Waals surface area contributed by atoms with Crippen LogP contribution in [0, 0.1) is 0 Å². The fourth-order valence-electron chi connectivity index (χ4n) is 5.87. The minimum Gasteiger partial charge on any atom is -0.508 e. The number of rotatable bonds is 7. The first-order chi connectivity index (χ1) is 21.0. The van der Waals surface area contributed by atoms with Crippen molar-refractivity contribution in [3.63, 3.8) is 0 Å². The molecule has 8 nitrogen and oxygen atoms in total. The lowest BCUT2D eigenvalue weighted by Gasteiger charge is -2.26. The van der Waals surface area contributed by atoms with Gasteiger partial charge in [0.1, 0.15) is 29.1 Å². The van der Waals surface area contributed by atoms with Crippen molar-refractivity contribution in [1.29, 1.82) is 0 Å². The van der Waals surface area contributed by atoms with Crippen molar-refractivity contribution < 1.29 is 33.3 Å². The van der Waals surface area contributed by atoms with Gasteiger partial charge in [0.25, 0.3) is 0 Å². The maximum atomic E-state index is 13.5. The number of ether oxygens (including phenoxy) is 4. The van der Waals surface area contributed by atoms with E-state index in [0.717, 1.165) is 30.8 Å². The number of carbonyl (C=O) groups excluding carboxylic acids is 1. The van der Waals surface area contributed by atoms with Crippen molar-refractivity contribution in [3.8, 4) is 39.9 Å². The van der Waals surface area contributed by atoms with Crippen LogP contribution in [0.2, 0.25) is 0 Å². The normalized spacial score (nSPS) is 15.4. The molecule has 0 bridgehead atoms. The van der Waals surface area contributed by atoms with E-state index in [-0.39, 0.29) is 23.6 Å². The molecule has 0 aliphatic carbocycles. The van der Waals surface area contributed by atoms with Crippen LogP contribution >= 0.6 is 0 Å². The smallest absolute Gasteiger partial charge is 0.312 e. The van der Waals surface area contributed by atoms with E-state index in [4.69, 9.17) is 23.4 Å². The average Bonchev–Trinajstić information content (AvgIpc) is 3.49. The van der Waals surface area contributed by atoms with Crippen molar-refractivity contribution in [2.24, 2.45) is 0 Å². The Balaban J connectivity index is 1.19. The van der Waals surface area contributed by atoms with Gasteiger partial charge < -0.3 is 28.5 Å². The maximum absolute atomic E-state index is 13.5. The summed E-state index contributed by atoms with van der Waals surface area (Å²) in [5, 5.41) is 10.0. The van der Waals surface area contributed by atoms with Gasteiger partial charge in [0.05, 0.1) is 37.7 Å². The average molecular weight is 577 g/mol. The van der Waals surface area contributed by atoms with Crippen LogP contribution in [0.15, 0.2) is 88.3 Å². The van der Waals surface area contributed by atoms with Crippen LogP contribution in [0.3, 0.4) is 0 Å². The van der Waals surface area contributed by atoms with Crippen LogP contribution in [0.1, 0.15) is 34.6 Å². The molecule has 0 radical (unpaired) electrons. The van der Waals surface area contributed by atoms with E-state index in [1.807, 2.05) is 24.3 Å². The minimum absolute atomic E-state index is 0.0704. The second-order valence-electron chi connectivity index (χ2n) is 10.7. The zero-order valence-corrected chi connectivity index (χ0v) is 23.4. The molecule has 7 rings (SSSR count). The number of esters is 1. The third-order valence-corrected chi connectivity index (χ3v) is 8.05. The summed E-state index contributed by atoms with van der Waals surface area (Å²) >= 11 is 0. The Labute approximate surface area is 247 Å². The molecular formula is C35H28O8. The van der Waals surface area contributed by atoms with Crippen LogP contribution in [0.5, 0.6) is 28.7 Å².